The number of carbonyl (C=O) groups is 2. The molecule has 0 saturated carbocycles. The number of hydrogen-bond donors (Lipinski definition) is 3. The van der Waals surface area contributed by atoms with Gasteiger partial charge in [-0.25, -0.2) is 25.0 Å². The van der Waals surface area contributed by atoms with Gasteiger partial charge in [-0.3, -0.25) is 5.43 Å². The molecule has 3 N–H and O–H groups in total. The van der Waals surface area contributed by atoms with Crippen LogP contribution in [0.4, 0.5) is 9.59 Å². The van der Waals surface area contributed by atoms with E-state index in [1.165, 1.54) is 11.2 Å². The third kappa shape index (κ3) is 4.39. The van der Waals surface area contributed by atoms with Crippen molar-refractivity contribution in [2.75, 3.05) is 6.54 Å². The largest absolute Gasteiger partial charge is 0.356 e. The highest BCUT2D eigenvalue weighted by atomic mass is 16.2. The van der Waals surface area contributed by atoms with E-state index in [9.17, 15) is 9.59 Å². The van der Waals surface area contributed by atoms with Gasteiger partial charge in [0.15, 0.2) is 0 Å². The van der Waals surface area contributed by atoms with Crippen LogP contribution >= 0.6 is 0 Å². The highest BCUT2D eigenvalue weighted by Gasteiger charge is 2.18. The summed E-state index contributed by atoms with van der Waals surface area (Å²) < 4.78 is 0. The van der Waals surface area contributed by atoms with Crippen molar-refractivity contribution in [1.82, 2.24) is 21.4 Å². The van der Waals surface area contributed by atoms with Crippen LogP contribution in [0.25, 0.3) is 0 Å². The van der Waals surface area contributed by atoms with Gasteiger partial charge < -0.3 is 0 Å². The first-order valence-corrected chi connectivity index (χ1v) is 6.31. The molecule has 21 heavy (non-hydrogen) atoms. The normalized spacial score (nSPS) is 14.9. The van der Waals surface area contributed by atoms with Crippen molar-refractivity contribution in [3.63, 3.8) is 0 Å². The van der Waals surface area contributed by atoms with Crippen LogP contribution in [0.15, 0.2) is 34.4 Å². The molecule has 1 heterocycles. The Hall–Kier alpha value is -2.74. The van der Waals surface area contributed by atoms with E-state index in [0.29, 0.717) is 5.71 Å². The lowest BCUT2D eigenvalue weighted by molar-refractivity contribution is 0.163. The molecule has 0 fully saturated rings. The number of aliphatic imine (C=N–C) groups is 1. The molecule has 0 unspecified atom stereocenters. The predicted octanol–water partition coefficient (Wildman–Crippen LogP) is 0.944. The van der Waals surface area contributed by atoms with Gasteiger partial charge in [-0.05, 0) is 19.4 Å². The Bertz CT molecular complexity index is 610. The van der Waals surface area contributed by atoms with Crippen LogP contribution in [0.5, 0.6) is 0 Å². The number of hydrazone groups is 1. The van der Waals surface area contributed by atoms with E-state index >= 15 is 0 Å². The zero-order valence-electron chi connectivity index (χ0n) is 11.8. The highest BCUT2D eigenvalue weighted by molar-refractivity contribution is 5.92. The smallest absolute Gasteiger partial charge is 0.253 e. The first-order valence-electron chi connectivity index (χ1n) is 6.31. The minimum absolute atomic E-state index is 0.272. The van der Waals surface area contributed by atoms with Crippen molar-refractivity contribution in [2.45, 2.75) is 13.8 Å². The molecule has 0 radical (unpaired) electrons. The number of amides is 4. The molecule has 2 rings (SSSR count). The summed E-state index contributed by atoms with van der Waals surface area (Å²) in [5.74, 6) is 0. The van der Waals surface area contributed by atoms with Crippen LogP contribution in [-0.4, -0.2) is 35.5 Å². The first-order chi connectivity index (χ1) is 10.0. The molecule has 8 heteroatoms. The van der Waals surface area contributed by atoms with E-state index < -0.39 is 12.1 Å². The van der Waals surface area contributed by atoms with Gasteiger partial charge in [-0.2, -0.15) is 5.10 Å². The minimum atomic E-state index is -0.607. The molecule has 0 bridgehead atoms. The topological polar surface area (TPSA) is 98.2 Å². The Morgan fingerprint density at radius 3 is 3.05 bits per heavy atom. The average Bonchev–Trinajstić information content (AvgIpc) is 2.46. The Labute approximate surface area is 121 Å². The quantitative estimate of drug-likeness (QED) is 0.570. The average molecular weight is 288 g/mol. The Balaban J connectivity index is 1.85. The van der Waals surface area contributed by atoms with Gasteiger partial charge in [0.05, 0.1) is 12.3 Å². The maximum absolute atomic E-state index is 11.6. The molecule has 0 saturated heterocycles. The van der Waals surface area contributed by atoms with Crippen LogP contribution in [0.2, 0.25) is 0 Å². The van der Waals surface area contributed by atoms with Crippen LogP contribution in [0.1, 0.15) is 18.1 Å². The van der Waals surface area contributed by atoms with Crippen molar-refractivity contribution in [3.8, 4) is 0 Å². The maximum Gasteiger partial charge on any atom is 0.356 e. The number of carbonyl (C=O) groups excluding carboxylic acids is 2. The van der Waals surface area contributed by atoms with E-state index in [1.807, 2.05) is 31.2 Å². The summed E-state index contributed by atoms with van der Waals surface area (Å²) in [6.45, 7) is 3.98. The first kappa shape index (κ1) is 14.7. The van der Waals surface area contributed by atoms with Crippen molar-refractivity contribution >= 4 is 24.0 Å². The van der Waals surface area contributed by atoms with E-state index in [4.69, 9.17) is 0 Å². The molecule has 0 spiro atoms. The van der Waals surface area contributed by atoms with Crippen LogP contribution in [0.3, 0.4) is 0 Å². The molecule has 1 aromatic carbocycles. The summed E-state index contributed by atoms with van der Waals surface area (Å²) in [5.41, 5.74) is 9.69. The molecule has 0 atom stereocenters. The molecule has 4 amide bonds. The van der Waals surface area contributed by atoms with Crippen molar-refractivity contribution in [1.29, 1.82) is 0 Å². The summed E-state index contributed by atoms with van der Waals surface area (Å²) in [7, 11) is 0. The fourth-order valence-electron chi connectivity index (χ4n) is 1.66. The zero-order chi connectivity index (χ0) is 15.2. The molecular formula is C13H16N6O2. The number of hydrazine groups is 2. The van der Waals surface area contributed by atoms with E-state index in [1.54, 1.807) is 6.92 Å². The fraction of sp³-hybridized carbons (Fsp3) is 0.231. The lowest BCUT2D eigenvalue weighted by atomic mass is 10.2. The molecule has 0 aliphatic carbocycles. The second kappa shape index (κ2) is 6.62. The molecule has 1 aliphatic heterocycles. The third-order valence-corrected chi connectivity index (χ3v) is 2.65. The summed E-state index contributed by atoms with van der Waals surface area (Å²) in [6, 6.07) is 6.52. The molecule has 110 valence electrons. The lowest BCUT2D eigenvalue weighted by Crippen LogP contribution is -2.57. The van der Waals surface area contributed by atoms with Crippen LogP contribution < -0.4 is 16.4 Å². The van der Waals surface area contributed by atoms with Gasteiger partial charge in [0, 0.05) is 6.21 Å². The number of nitrogens with zero attached hydrogens (tertiary/aromatic N) is 3. The Morgan fingerprint density at radius 1 is 1.48 bits per heavy atom. The number of rotatable bonds is 3. The zero-order valence-corrected chi connectivity index (χ0v) is 11.8. The predicted molar refractivity (Wildman–Crippen MR) is 78.8 cm³/mol. The van der Waals surface area contributed by atoms with Gasteiger partial charge in [0.2, 0.25) is 0 Å². The fourth-order valence-corrected chi connectivity index (χ4v) is 1.66. The van der Waals surface area contributed by atoms with E-state index in [-0.39, 0.29) is 6.54 Å². The highest BCUT2D eigenvalue weighted by Crippen LogP contribution is 2.00. The van der Waals surface area contributed by atoms with Crippen molar-refractivity contribution < 1.29 is 9.59 Å². The number of aryl methyl sites for hydroxylation is 1. The van der Waals surface area contributed by atoms with Gasteiger partial charge in [0.1, 0.15) is 0 Å². The van der Waals surface area contributed by atoms with Crippen LogP contribution in [-0.2, 0) is 0 Å². The number of hydrogen-bond acceptors (Lipinski definition) is 4. The second-order valence-corrected chi connectivity index (χ2v) is 4.56. The molecular weight excluding hydrogens is 272 g/mol. The van der Waals surface area contributed by atoms with Gasteiger partial charge in [-0.1, -0.05) is 29.8 Å². The summed E-state index contributed by atoms with van der Waals surface area (Å²) in [6.07, 6.45) is 1.45. The second-order valence-electron chi connectivity index (χ2n) is 4.56. The Morgan fingerprint density at radius 2 is 2.29 bits per heavy atom. The molecule has 1 aliphatic rings. The summed E-state index contributed by atoms with van der Waals surface area (Å²) in [5, 5.41) is 4.95. The molecule has 8 nitrogen and oxygen atoms in total. The number of nitrogens with one attached hydrogen (secondary N) is 3. The SMILES string of the molecule is CC1=NNC(=O)N(NNC(=O)/N=C/c2cccc(C)c2)C1. The summed E-state index contributed by atoms with van der Waals surface area (Å²) >= 11 is 0. The third-order valence-electron chi connectivity index (χ3n) is 2.65. The van der Waals surface area contributed by atoms with E-state index in [0.717, 1.165) is 11.1 Å². The number of urea groups is 2. The maximum atomic E-state index is 11.6. The van der Waals surface area contributed by atoms with Crippen LogP contribution in [0, 0.1) is 6.92 Å². The molecule has 1 aromatic rings. The summed E-state index contributed by atoms with van der Waals surface area (Å²) in [4.78, 5) is 26.7. The lowest BCUT2D eigenvalue weighted by Gasteiger charge is -2.25. The molecule has 0 aromatic heterocycles. The number of benzene rings is 1. The minimum Gasteiger partial charge on any atom is -0.253 e. The standard InChI is InChI=1S/C13H16N6O2/c1-9-4-3-5-11(6-9)7-14-12(20)16-18-19-8-10(2)15-17-13(19)21/h3-7,18H,8H2,1-2H3,(H,16,20)(H,17,21)/b14-7+. The van der Waals surface area contributed by atoms with Gasteiger partial charge >= 0.3 is 12.1 Å². The van der Waals surface area contributed by atoms with Gasteiger partial charge in [0.25, 0.3) is 0 Å². The van der Waals surface area contributed by atoms with Gasteiger partial charge in [-0.15, -0.1) is 5.53 Å². The van der Waals surface area contributed by atoms with E-state index in [2.05, 4.69) is 26.5 Å². The Kier molecular flexibility index (Phi) is 4.62. The monoisotopic (exact) mass is 288 g/mol. The van der Waals surface area contributed by atoms with Crippen molar-refractivity contribution in [2.24, 2.45) is 10.1 Å². The van der Waals surface area contributed by atoms with Crippen molar-refractivity contribution in [3.05, 3.63) is 35.4 Å².